The van der Waals surface area contributed by atoms with Gasteiger partial charge in [0.2, 0.25) is 0 Å². The van der Waals surface area contributed by atoms with Crippen LogP contribution >= 0.6 is 0 Å². The maximum Gasteiger partial charge on any atom is 0.361 e. The Morgan fingerprint density at radius 2 is 0.635 bits per heavy atom. The number of likely N-dealkylation sites (N-methyl/N-ethyl adjacent to an activating group) is 1. The number of aliphatic carboxylic acids is 1. The number of rotatable bonds is 57. The predicted octanol–water partition coefficient (Wildman–Crippen LogP) is 20.2. The van der Waals surface area contributed by atoms with E-state index in [1.54, 1.807) is 0 Å². The van der Waals surface area contributed by atoms with Crippen LogP contribution < -0.4 is 0 Å². The van der Waals surface area contributed by atoms with E-state index in [1.807, 2.05) is 21.1 Å². The third-order valence-electron chi connectivity index (χ3n) is 12.8. The third-order valence-corrected chi connectivity index (χ3v) is 12.8. The van der Waals surface area contributed by atoms with Crippen LogP contribution in [0.15, 0.2) is 194 Å². The normalized spacial score (nSPS) is 14.0. The van der Waals surface area contributed by atoms with Crippen molar-refractivity contribution < 1.29 is 42.9 Å². The molecule has 0 aromatic heterocycles. The van der Waals surface area contributed by atoms with E-state index in [2.05, 4.69) is 208 Å². The first kappa shape index (κ1) is 79.1. The van der Waals surface area contributed by atoms with Gasteiger partial charge in [-0.25, -0.2) is 4.79 Å². The Balaban J connectivity index is 4.28. The van der Waals surface area contributed by atoms with Crippen LogP contribution in [0, 0.1) is 0 Å². The summed E-state index contributed by atoms with van der Waals surface area (Å²) in [6.07, 6.45) is 96.7. The molecule has 0 aliphatic rings. The Morgan fingerprint density at radius 1 is 0.353 bits per heavy atom. The van der Waals surface area contributed by atoms with Gasteiger partial charge in [0.25, 0.3) is 6.29 Å². The molecule has 0 spiro atoms. The number of quaternary nitrogens is 1. The van der Waals surface area contributed by atoms with Gasteiger partial charge in [-0.05, 0) is 141 Å². The minimum atomic E-state index is -1.53. The van der Waals surface area contributed by atoms with Crippen molar-refractivity contribution in [1.29, 1.82) is 0 Å². The van der Waals surface area contributed by atoms with Gasteiger partial charge < -0.3 is 28.5 Å². The second kappa shape index (κ2) is 64.1. The van der Waals surface area contributed by atoms with Crippen molar-refractivity contribution >= 4 is 17.9 Å². The van der Waals surface area contributed by atoms with Gasteiger partial charge in [0, 0.05) is 12.8 Å². The average molecular weight is 1170 g/mol. The van der Waals surface area contributed by atoms with Gasteiger partial charge in [0.05, 0.1) is 34.4 Å². The number of hydrogen-bond donors (Lipinski definition) is 1. The molecule has 9 heteroatoms. The largest absolute Gasteiger partial charge is 0.477 e. The van der Waals surface area contributed by atoms with Crippen LogP contribution in [0.5, 0.6) is 0 Å². The molecule has 0 bridgehead atoms. The summed E-state index contributed by atoms with van der Waals surface area (Å²) < 4.78 is 22.8. The zero-order chi connectivity index (χ0) is 61.9. The van der Waals surface area contributed by atoms with Gasteiger partial charge in [-0.1, -0.05) is 247 Å². The van der Waals surface area contributed by atoms with Crippen LogP contribution in [0.1, 0.15) is 206 Å². The number of ether oxygens (including phenoxy) is 4. The van der Waals surface area contributed by atoms with E-state index >= 15 is 0 Å². The van der Waals surface area contributed by atoms with Gasteiger partial charge in [-0.3, -0.25) is 9.59 Å². The van der Waals surface area contributed by atoms with Gasteiger partial charge in [-0.2, -0.15) is 0 Å². The number of unbranched alkanes of at least 4 members (excludes halogenated alkanes) is 10. The number of nitrogens with zero attached hydrogens (tertiary/aromatic N) is 1. The lowest BCUT2D eigenvalue weighted by atomic mass is 10.1. The average Bonchev–Trinajstić information content (AvgIpc) is 3.49. The molecule has 1 N–H and O–H groups in total. The van der Waals surface area contributed by atoms with Crippen LogP contribution in [0.4, 0.5) is 0 Å². The van der Waals surface area contributed by atoms with Crippen molar-refractivity contribution in [1.82, 2.24) is 0 Å². The fraction of sp³-hybridized carbons (Fsp3) is 0.539. The highest BCUT2D eigenvalue weighted by Crippen LogP contribution is 2.13. The number of carbonyl (C=O) groups excluding carboxylic acids is 2. The number of allylic oxidation sites excluding steroid dienone is 32. The minimum absolute atomic E-state index is 0.168. The van der Waals surface area contributed by atoms with Crippen LogP contribution in [0.3, 0.4) is 0 Å². The predicted molar refractivity (Wildman–Crippen MR) is 363 cm³/mol. The molecule has 0 rings (SSSR count). The highest BCUT2D eigenvalue weighted by atomic mass is 16.7. The monoisotopic (exact) mass is 1170 g/mol. The highest BCUT2D eigenvalue weighted by Gasteiger charge is 2.25. The van der Waals surface area contributed by atoms with E-state index in [0.29, 0.717) is 23.9 Å². The number of esters is 2. The van der Waals surface area contributed by atoms with Crippen molar-refractivity contribution in [2.24, 2.45) is 0 Å². The molecule has 0 aliphatic heterocycles. The summed E-state index contributed by atoms with van der Waals surface area (Å²) >= 11 is 0. The summed E-state index contributed by atoms with van der Waals surface area (Å²) in [6.45, 7) is 4.57. The minimum Gasteiger partial charge on any atom is -0.477 e. The maximum absolute atomic E-state index is 12.9. The number of carbonyl (C=O) groups is 3. The first-order valence-corrected chi connectivity index (χ1v) is 32.6. The molecule has 474 valence electrons. The molecule has 0 heterocycles. The summed E-state index contributed by atoms with van der Waals surface area (Å²) in [4.78, 5) is 37.5. The molecule has 85 heavy (non-hydrogen) atoms. The molecule has 0 radical (unpaired) electrons. The Kier molecular flexibility index (Phi) is 59.7. The van der Waals surface area contributed by atoms with Crippen molar-refractivity contribution in [3.05, 3.63) is 194 Å². The summed E-state index contributed by atoms with van der Waals surface area (Å²) in [6, 6.07) is 0. The lowest BCUT2D eigenvalue weighted by molar-refractivity contribution is -0.870. The molecule has 0 saturated heterocycles. The summed E-state index contributed by atoms with van der Waals surface area (Å²) in [7, 11) is 5.94. The topological polar surface area (TPSA) is 108 Å². The van der Waals surface area contributed by atoms with Crippen molar-refractivity contribution in [3.63, 3.8) is 0 Å². The molecule has 0 amide bonds. The maximum atomic E-state index is 12.9. The van der Waals surface area contributed by atoms with Crippen molar-refractivity contribution in [3.8, 4) is 0 Å². The smallest absolute Gasteiger partial charge is 0.361 e. The van der Waals surface area contributed by atoms with Crippen LogP contribution in [-0.4, -0.2) is 87.4 Å². The first-order valence-electron chi connectivity index (χ1n) is 32.6. The summed E-state index contributed by atoms with van der Waals surface area (Å²) in [5.41, 5.74) is 0. The number of carboxylic acids is 1. The van der Waals surface area contributed by atoms with E-state index in [0.717, 1.165) is 167 Å². The second-order valence-corrected chi connectivity index (χ2v) is 22.0. The third kappa shape index (κ3) is 65.5. The van der Waals surface area contributed by atoms with Crippen molar-refractivity contribution in [2.75, 3.05) is 47.5 Å². The highest BCUT2D eigenvalue weighted by molar-refractivity contribution is 5.71. The Hall–Kier alpha value is -5.87. The summed E-state index contributed by atoms with van der Waals surface area (Å²) in [5.74, 6) is -2.09. The molecular weight excluding hydrogens is 1050 g/mol. The van der Waals surface area contributed by atoms with E-state index in [1.165, 1.54) is 0 Å². The van der Waals surface area contributed by atoms with Crippen LogP contribution in [0.2, 0.25) is 0 Å². The molecule has 2 unspecified atom stereocenters. The van der Waals surface area contributed by atoms with Crippen LogP contribution in [0.25, 0.3) is 0 Å². The van der Waals surface area contributed by atoms with Gasteiger partial charge in [0.1, 0.15) is 13.2 Å². The fourth-order valence-electron chi connectivity index (χ4n) is 7.93. The zero-order valence-corrected chi connectivity index (χ0v) is 53.9. The van der Waals surface area contributed by atoms with Crippen LogP contribution in [-0.2, 0) is 33.3 Å². The Labute approximate surface area is 519 Å². The molecule has 0 fully saturated rings. The quantitative estimate of drug-likeness (QED) is 0.0211. The van der Waals surface area contributed by atoms with E-state index < -0.39 is 24.3 Å². The molecule has 0 aromatic carbocycles. The van der Waals surface area contributed by atoms with Gasteiger partial charge in [-0.15, -0.1) is 0 Å². The first-order chi connectivity index (χ1) is 41.6. The number of carboxylic acid groups (broad SMARTS) is 1. The second-order valence-electron chi connectivity index (χ2n) is 22.0. The van der Waals surface area contributed by atoms with E-state index in [-0.39, 0.29) is 38.6 Å². The lowest BCUT2D eigenvalue weighted by Crippen LogP contribution is -2.40. The molecule has 0 aromatic rings. The standard InChI is InChI=1S/C76H117NO8/c1-6-8-10-12-14-16-18-20-22-24-26-27-28-29-30-31-32-33-34-35-36-37-38-39-40-41-42-43-44-45-46-47-49-51-53-55-57-59-61-63-65-67-74(79)85-72(71-84-76(75(80)81)82-69-68-77(3,4)5)70-83-73(78)66-64-62-60-58-56-54-52-50-48-25-23-21-19-17-15-13-11-9-7-2/h8-11,14-17,20-23,26-27,29-30,32-33,35-36,38-39,41-42,44-45,47-50,53,55,72,76H,6-7,12-13,18-19,24-25,28,31,34,37,40,43,46,51-52,54,56-71H2,1-5H3/p+1/b10-8-,11-9-,16-14-,17-15-,22-20-,23-21-,27-26-,30-29-,33-32-,36-35-,39-38-,42-41-,45-44-,49-47-,50-48-,55-53-. The SMILES string of the molecule is CC/C=C\C/C=C\C/C=C\C/C=C\C/C=C\C/C=C\C/C=C\C/C=C\C/C=C\C/C=C\C/C=C\C/C=C\CCCCCCC(=O)OC(COC(=O)CCCCCCCC/C=C\C/C=C\C/C=C\C/C=C\CC)COC(OCC[N+](C)(C)C)C(=O)O. The Morgan fingerprint density at radius 3 is 0.941 bits per heavy atom. The fourth-order valence-corrected chi connectivity index (χ4v) is 7.93. The molecule has 2 atom stereocenters. The van der Waals surface area contributed by atoms with Gasteiger partial charge in [0.15, 0.2) is 6.10 Å². The van der Waals surface area contributed by atoms with Gasteiger partial charge >= 0.3 is 17.9 Å². The number of hydrogen-bond acceptors (Lipinski definition) is 7. The molecule has 0 saturated carbocycles. The van der Waals surface area contributed by atoms with E-state index in [9.17, 15) is 19.5 Å². The van der Waals surface area contributed by atoms with Crippen molar-refractivity contribution in [2.45, 2.75) is 219 Å². The Bertz CT molecular complexity index is 2090. The lowest BCUT2D eigenvalue weighted by Gasteiger charge is -2.25. The molecule has 0 aliphatic carbocycles. The summed E-state index contributed by atoms with van der Waals surface area (Å²) in [5, 5.41) is 9.72. The molecular formula is C76H118NO8+. The van der Waals surface area contributed by atoms with E-state index in [4.69, 9.17) is 18.9 Å². The zero-order valence-electron chi connectivity index (χ0n) is 53.9. The molecule has 9 nitrogen and oxygen atoms in total.